The van der Waals surface area contributed by atoms with Gasteiger partial charge in [0, 0.05) is 19.2 Å². The van der Waals surface area contributed by atoms with Crippen LogP contribution in [-0.4, -0.2) is 19.3 Å². The van der Waals surface area contributed by atoms with E-state index in [0.29, 0.717) is 14.8 Å². The zero-order chi connectivity index (χ0) is 15.8. The first-order valence-corrected chi connectivity index (χ1v) is 5.64. The maximum absolute atomic E-state index is 12.6. The van der Waals surface area contributed by atoms with Gasteiger partial charge in [0.15, 0.2) is 0 Å². The number of non-ortho nitro benzene ring substituents is 1. The second kappa shape index (κ2) is 5.04. The van der Waals surface area contributed by atoms with Crippen LogP contribution in [0.3, 0.4) is 0 Å². The van der Waals surface area contributed by atoms with E-state index in [-0.39, 0.29) is 12.2 Å². The van der Waals surface area contributed by atoms with E-state index in [9.17, 15) is 28.1 Å². The van der Waals surface area contributed by atoms with Gasteiger partial charge in [-0.05, 0) is 5.56 Å². The maximum Gasteiger partial charge on any atom is 0.451 e. The number of aromatic nitrogens is 3. The molecule has 10 heteroatoms. The van der Waals surface area contributed by atoms with Crippen LogP contribution in [0, 0.1) is 10.1 Å². The zero-order valence-corrected chi connectivity index (χ0v) is 10.7. The summed E-state index contributed by atoms with van der Waals surface area (Å²) in [7, 11) is 0.960. The first kappa shape index (κ1) is 14.8. The van der Waals surface area contributed by atoms with Crippen molar-refractivity contribution in [1.29, 1.82) is 0 Å². The van der Waals surface area contributed by atoms with Gasteiger partial charge in [0.25, 0.3) is 5.69 Å². The standard InChI is InChI=1S/C11H9F3N4O3/c1-16-9(11(12,13)14)15-17(10(16)19)6-7-3-2-4-8(5-7)18(20)21/h2-5H,6H2,1H3. The Hall–Kier alpha value is -2.65. The molecule has 0 atom stereocenters. The van der Waals surface area contributed by atoms with E-state index >= 15 is 0 Å². The van der Waals surface area contributed by atoms with Crippen molar-refractivity contribution >= 4 is 5.69 Å². The van der Waals surface area contributed by atoms with Crippen LogP contribution in [0.1, 0.15) is 11.4 Å². The predicted molar refractivity (Wildman–Crippen MR) is 64.7 cm³/mol. The van der Waals surface area contributed by atoms with Crippen molar-refractivity contribution in [3.8, 4) is 0 Å². The third-order valence-corrected chi connectivity index (χ3v) is 2.75. The normalized spacial score (nSPS) is 11.6. The van der Waals surface area contributed by atoms with E-state index in [0.717, 1.165) is 7.05 Å². The zero-order valence-electron chi connectivity index (χ0n) is 10.7. The molecular formula is C11H9F3N4O3. The van der Waals surface area contributed by atoms with Crippen LogP contribution in [0.5, 0.6) is 0 Å². The minimum Gasteiger partial charge on any atom is -0.274 e. The van der Waals surface area contributed by atoms with Gasteiger partial charge in [0.2, 0.25) is 5.82 Å². The van der Waals surface area contributed by atoms with Crippen molar-refractivity contribution in [2.75, 3.05) is 0 Å². The lowest BCUT2D eigenvalue weighted by molar-refractivity contribution is -0.384. The summed E-state index contributed by atoms with van der Waals surface area (Å²) in [5.41, 5.74) is -0.862. The van der Waals surface area contributed by atoms with Crippen LogP contribution in [0.2, 0.25) is 0 Å². The molecule has 0 amide bonds. The highest BCUT2D eigenvalue weighted by Crippen LogP contribution is 2.26. The molecule has 0 N–H and O–H groups in total. The molecule has 0 aliphatic heterocycles. The van der Waals surface area contributed by atoms with Crippen molar-refractivity contribution in [2.45, 2.75) is 12.7 Å². The molecule has 0 aliphatic rings. The second-order valence-electron chi connectivity index (χ2n) is 4.25. The van der Waals surface area contributed by atoms with Crippen LogP contribution in [0.25, 0.3) is 0 Å². The molecule has 1 aromatic carbocycles. The fourth-order valence-corrected chi connectivity index (χ4v) is 1.78. The number of hydrogen-bond acceptors (Lipinski definition) is 4. The third-order valence-electron chi connectivity index (χ3n) is 2.75. The molecule has 0 aliphatic carbocycles. The Kier molecular flexibility index (Phi) is 3.54. The van der Waals surface area contributed by atoms with Crippen LogP contribution >= 0.6 is 0 Å². The van der Waals surface area contributed by atoms with E-state index in [4.69, 9.17) is 0 Å². The molecule has 7 nitrogen and oxygen atoms in total. The highest BCUT2D eigenvalue weighted by molar-refractivity contribution is 5.34. The molecule has 2 rings (SSSR count). The molecule has 1 heterocycles. The molecule has 0 bridgehead atoms. The van der Waals surface area contributed by atoms with E-state index in [1.54, 1.807) is 0 Å². The Balaban J connectivity index is 2.39. The first-order chi connectivity index (χ1) is 9.70. The Labute approximate surface area is 115 Å². The molecule has 2 aromatic rings. The molecule has 112 valence electrons. The van der Waals surface area contributed by atoms with Crippen LogP contribution in [0.4, 0.5) is 18.9 Å². The van der Waals surface area contributed by atoms with Gasteiger partial charge >= 0.3 is 11.9 Å². The van der Waals surface area contributed by atoms with Gasteiger partial charge in [-0.2, -0.15) is 13.2 Å². The lowest BCUT2D eigenvalue weighted by Crippen LogP contribution is -2.24. The topological polar surface area (TPSA) is 83.0 Å². The van der Waals surface area contributed by atoms with Crippen LogP contribution in [0.15, 0.2) is 29.1 Å². The summed E-state index contributed by atoms with van der Waals surface area (Å²) in [6.07, 6.45) is -4.75. The summed E-state index contributed by atoms with van der Waals surface area (Å²) in [5, 5.41) is 13.9. The van der Waals surface area contributed by atoms with Gasteiger partial charge in [-0.15, -0.1) is 5.10 Å². The smallest absolute Gasteiger partial charge is 0.274 e. The lowest BCUT2D eigenvalue weighted by Gasteiger charge is -2.02. The highest BCUT2D eigenvalue weighted by atomic mass is 19.4. The number of halogens is 3. The monoisotopic (exact) mass is 302 g/mol. The number of nitrogens with zero attached hydrogens (tertiary/aromatic N) is 4. The Bertz CT molecular complexity index is 748. The van der Waals surface area contributed by atoms with Crippen molar-refractivity contribution in [2.24, 2.45) is 7.05 Å². The van der Waals surface area contributed by atoms with E-state index in [1.165, 1.54) is 24.3 Å². The predicted octanol–water partition coefficient (Wildman–Crippen LogP) is 1.56. The van der Waals surface area contributed by atoms with Crippen molar-refractivity contribution < 1.29 is 18.1 Å². The summed E-state index contributed by atoms with van der Waals surface area (Å²) in [5.74, 6) is -1.32. The van der Waals surface area contributed by atoms with E-state index in [2.05, 4.69) is 5.10 Å². The van der Waals surface area contributed by atoms with E-state index < -0.39 is 22.6 Å². The molecule has 0 fully saturated rings. The lowest BCUT2D eigenvalue weighted by atomic mass is 10.2. The minimum absolute atomic E-state index is 0.215. The molecule has 0 radical (unpaired) electrons. The average Bonchev–Trinajstić information content (AvgIpc) is 2.67. The first-order valence-electron chi connectivity index (χ1n) is 5.64. The molecule has 21 heavy (non-hydrogen) atoms. The van der Waals surface area contributed by atoms with Gasteiger partial charge in [-0.1, -0.05) is 12.1 Å². The quantitative estimate of drug-likeness (QED) is 0.636. The summed E-state index contributed by atoms with van der Waals surface area (Å²) in [6, 6.07) is 5.26. The summed E-state index contributed by atoms with van der Waals surface area (Å²) in [4.78, 5) is 21.7. The fourth-order valence-electron chi connectivity index (χ4n) is 1.78. The number of nitro benzene ring substituents is 1. The Morgan fingerprint density at radius 1 is 1.38 bits per heavy atom. The summed E-state index contributed by atoms with van der Waals surface area (Å²) in [6.45, 7) is -0.287. The SMILES string of the molecule is Cn1c(C(F)(F)F)nn(Cc2cccc([N+](=O)[O-])c2)c1=O. The minimum atomic E-state index is -4.75. The number of nitro groups is 1. The summed E-state index contributed by atoms with van der Waals surface area (Å²) >= 11 is 0. The second-order valence-corrected chi connectivity index (χ2v) is 4.25. The van der Waals surface area contributed by atoms with Crippen molar-refractivity contribution in [1.82, 2.24) is 14.3 Å². The summed E-state index contributed by atoms with van der Waals surface area (Å²) < 4.78 is 38.9. The molecule has 0 unspecified atom stereocenters. The number of alkyl halides is 3. The fraction of sp³-hybridized carbons (Fsp3) is 0.273. The van der Waals surface area contributed by atoms with Gasteiger partial charge in [-0.3, -0.25) is 14.7 Å². The van der Waals surface area contributed by atoms with Gasteiger partial charge in [-0.25, -0.2) is 9.48 Å². The highest BCUT2D eigenvalue weighted by Gasteiger charge is 2.37. The molecule has 1 aromatic heterocycles. The number of benzene rings is 1. The Morgan fingerprint density at radius 2 is 2.05 bits per heavy atom. The van der Waals surface area contributed by atoms with Gasteiger partial charge in [0.1, 0.15) is 0 Å². The van der Waals surface area contributed by atoms with Gasteiger partial charge in [0.05, 0.1) is 11.5 Å². The Morgan fingerprint density at radius 3 is 2.57 bits per heavy atom. The number of hydrogen-bond donors (Lipinski definition) is 0. The average molecular weight is 302 g/mol. The number of rotatable bonds is 3. The van der Waals surface area contributed by atoms with Crippen LogP contribution in [-0.2, 0) is 19.8 Å². The molecular weight excluding hydrogens is 293 g/mol. The third kappa shape index (κ3) is 2.93. The van der Waals surface area contributed by atoms with E-state index in [1.807, 2.05) is 0 Å². The maximum atomic E-state index is 12.6. The molecule has 0 saturated heterocycles. The largest absolute Gasteiger partial charge is 0.451 e. The van der Waals surface area contributed by atoms with Crippen molar-refractivity contribution in [3.05, 3.63) is 56.3 Å². The van der Waals surface area contributed by atoms with Gasteiger partial charge < -0.3 is 0 Å². The van der Waals surface area contributed by atoms with Crippen molar-refractivity contribution in [3.63, 3.8) is 0 Å². The molecule has 0 saturated carbocycles. The molecule has 0 spiro atoms. The van der Waals surface area contributed by atoms with Crippen LogP contribution < -0.4 is 5.69 Å².